The molecule has 3 rings (SSSR count). The summed E-state index contributed by atoms with van der Waals surface area (Å²) in [5, 5.41) is 12.6. The maximum absolute atomic E-state index is 12.3. The number of ketones is 1. The zero-order valence-corrected chi connectivity index (χ0v) is 17.0. The summed E-state index contributed by atoms with van der Waals surface area (Å²) >= 11 is 7.39. The number of carbonyl (C=O) groups is 2. The van der Waals surface area contributed by atoms with Crippen LogP contribution >= 0.6 is 23.4 Å². The van der Waals surface area contributed by atoms with E-state index >= 15 is 0 Å². The van der Waals surface area contributed by atoms with Crippen molar-refractivity contribution < 1.29 is 9.59 Å². The number of hydrogen-bond acceptors (Lipinski definition) is 5. The van der Waals surface area contributed by atoms with Gasteiger partial charge in [-0.3, -0.25) is 9.59 Å². The summed E-state index contributed by atoms with van der Waals surface area (Å²) in [5.41, 5.74) is 2.13. The molecule has 8 heteroatoms. The number of Topliss-reactive ketones (excluding diaryl/α,β-unsaturated/α-hetero) is 1. The summed E-state index contributed by atoms with van der Waals surface area (Å²) in [4.78, 5) is 23.6. The fourth-order valence-electron chi connectivity index (χ4n) is 2.64. The van der Waals surface area contributed by atoms with Crippen LogP contribution in [0.2, 0.25) is 5.02 Å². The van der Waals surface area contributed by atoms with Crippen LogP contribution in [0.5, 0.6) is 0 Å². The van der Waals surface area contributed by atoms with E-state index in [1.807, 2.05) is 29.7 Å². The minimum Gasteiger partial charge on any atom is -0.325 e. The summed E-state index contributed by atoms with van der Waals surface area (Å²) in [7, 11) is 0. The van der Waals surface area contributed by atoms with Gasteiger partial charge in [0.05, 0.1) is 5.75 Å². The van der Waals surface area contributed by atoms with E-state index in [0.717, 1.165) is 5.56 Å². The van der Waals surface area contributed by atoms with E-state index in [4.69, 9.17) is 11.6 Å². The van der Waals surface area contributed by atoms with Crippen LogP contribution in [0.25, 0.3) is 11.4 Å². The number of thioether (sulfide) groups is 1. The fourth-order valence-corrected chi connectivity index (χ4v) is 3.63. The smallest absolute Gasteiger partial charge is 0.234 e. The van der Waals surface area contributed by atoms with Crippen molar-refractivity contribution in [3.05, 3.63) is 59.1 Å². The molecule has 1 amide bonds. The second-order valence-electron chi connectivity index (χ2n) is 6.03. The Morgan fingerprint density at radius 1 is 1.14 bits per heavy atom. The quantitative estimate of drug-likeness (QED) is 0.453. The van der Waals surface area contributed by atoms with Crippen LogP contribution in [0.1, 0.15) is 24.2 Å². The lowest BCUT2D eigenvalue weighted by Gasteiger charge is -2.08. The maximum atomic E-state index is 12.3. The lowest BCUT2D eigenvalue weighted by atomic mass is 10.1. The predicted molar refractivity (Wildman–Crippen MR) is 112 cm³/mol. The summed E-state index contributed by atoms with van der Waals surface area (Å²) in [6.07, 6.45) is 0. The van der Waals surface area contributed by atoms with E-state index in [2.05, 4.69) is 15.5 Å². The Hall–Kier alpha value is -2.64. The Morgan fingerprint density at radius 3 is 2.54 bits per heavy atom. The van der Waals surface area contributed by atoms with Gasteiger partial charge in [-0.2, -0.15) is 0 Å². The van der Waals surface area contributed by atoms with Crippen LogP contribution in [0.3, 0.4) is 0 Å². The molecule has 2 aromatic carbocycles. The van der Waals surface area contributed by atoms with Crippen molar-refractivity contribution in [1.82, 2.24) is 14.8 Å². The number of nitrogens with zero attached hydrogens (tertiary/aromatic N) is 3. The molecule has 1 N–H and O–H groups in total. The topological polar surface area (TPSA) is 76.9 Å². The number of benzene rings is 2. The lowest BCUT2D eigenvalue weighted by Crippen LogP contribution is -2.14. The summed E-state index contributed by atoms with van der Waals surface area (Å²) in [6, 6.07) is 14.2. The number of hydrogen-bond donors (Lipinski definition) is 1. The molecule has 1 heterocycles. The largest absolute Gasteiger partial charge is 0.325 e. The Labute approximate surface area is 172 Å². The van der Waals surface area contributed by atoms with Gasteiger partial charge in [0.15, 0.2) is 16.8 Å². The van der Waals surface area contributed by atoms with Crippen molar-refractivity contribution in [2.75, 3.05) is 11.1 Å². The maximum Gasteiger partial charge on any atom is 0.234 e. The third kappa shape index (κ3) is 4.79. The van der Waals surface area contributed by atoms with Gasteiger partial charge in [-0.05, 0) is 50.2 Å². The highest BCUT2D eigenvalue weighted by molar-refractivity contribution is 7.99. The molecule has 0 fully saturated rings. The van der Waals surface area contributed by atoms with Crippen molar-refractivity contribution in [2.45, 2.75) is 25.5 Å². The first-order valence-electron chi connectivity index (χ1n) is 8.70. The van der Waals surface area contributed by atoms with Crippen LogP contribution in [-0.2, 0) is 11.3 Å². The molecule has 144 valence electrons. The Kier molecular flexibility index (Phi) is 6.49. The van der Waals surface area contributed by atoms with Crippen LogP contribution in [0, 0.1) is 0 Å². The molecule has 0 aliphatic rings. The van der Waals surface area contributed by atoms with E-state index in [0.29, 0.717) is 33.8 Å². The molecule has 1 aromatic heterocycles. The highest BCUT2D eigenvalue weighted by Crippen LogP contribution is 2.26. The zero-order valence-electron chi connectivity index (χ0n) is 15.5. The number of halogens is 1. The standard InChI is InChI=1S/C20H19ClN4O2S/c1-3-25-19(15-5-4-6-16(21)11-15)23-24-20(25)28-12-18(27)22-17-9-7-14(8-10-17)13(2)26/h4-11H,3,12H2,1-2H3,(H,22,27). The monoisotopic (exact) mass is 414 g/mol. The third-order valence-electron chi connectivity index (χ3n) is 4.02. The molecular weight excluding hydrogens is 396 g/mol. The number of anilines is 1. The highest BCUT2D eigenvalue weighted by atomic mass is 35.5. The Bertz CT molecular complexity index is 1000. The van der Waals surface area contributed by atoms with E-state index in [9.17, 15) is 9.59 Å². The van der Waals surface area contributed by atoms with Gasteiger partial charge in [0.1, 0.15) is 0 Å². The normalized spacial score (nSPS) is 10.7. The van der Waals surface area contributed by atoms with E-state index < -0.39 is 0 Å². The molecule has 0 unspecified atom stereocenters. The lowest BCUT2D eigenvalue weighted by molar-refractivity contribution is -0.113. The van der Waals surface area contributed by atoms with Gasteiger partial charge in [0.25, 0.3) is 0 Å². The van der Waals surface area contributed by atoms with Crippen LogP contribution in [0.4, 0.5) is 5.69 Å². The SMILES string of the molecule is CCn1c(SCC(=O)Nc2ccc(C(C)=O)cc2)nnc1-c1cccc(Cl)c1. The van der Waals surface area contributed by atoms with Gasteiger partial charge in [-0.1, -0.05) is 35.5 Å². The van der Waals surface area contributed by atoms with E-state index in [1.165, 1.54) is 18.7 Å². The van der Waals surface area contributed by atoms with Gasteiger partial charge in [0.2, 0.25) is 5.91 Å². The first-order valence-corrected chi connectivity index (χ1v) is 10.1. The average molecular weight is 415 g/mol. The molecule has 28 heavy (non-hydrogen) atoms. The minimum atomic E-state index is -0.157. The van der Waals surface area contributed by atoms with E-state index in [1.54, 1.807) is 30.3 Å². The number of aromatic nitrogens is 3. The van der Waals surface area contributed by atoms with Gasteiger partial charge >= 0.3 is 0 Å². The summed E-state index contributed by atoms with van der Waals surface area (Å²) in [5.74, 6) is 0.744. The molecule has 0 aliphatic carbocycles. The van der Waals surface area contributed by atoms with Crippen molar-refractivity contribution in [3.63, 3.8) is 0 Å². The molecular formula is C20H19ClN4O2S. The Morgan fingerprint density at radius 2 is 1.89 bits per heavy atom. The third-order valence-corrected chi connectivity index (χ3v) is 5.23. The minimum absolute atomic E-state index is 0.0113. The van der Waals surface area contributed by atoms with Gasteiger partial charge < -0.3 is 9.88 Å². The van der Waals surface area contributed by atoms with Crippen molar-refractivity contribution in [2.24, 2.45) is 0 Å². The van der Waals surface area contributed by atoms with Gasteiger partial charge in [0, 0.05) is 28.4 Å². The highest BCUT2D eigenvalue weighted by Gasteiger charge is 2.15. The molecule has 0 atom stereocenters. The fraction of sp³-hybridized carbons (Fsp3) is 0.200. The predicted octanol–water partition coefficient (Wildman–Crippen LogP) is 4.55. The molecule has 0 saturated carbocycles. The molecule has 3 aromatic rings. The number of nitrogens with one attached hydrogen (secondary N) is 1. The first-order chi connectivity index (χ1) is 13.5. The second-order valence-corrected chi connectivity index (χ2v) is 7.41. The van der Waals surface area contributed by atoms with Gasteiger partial charge in [-0.25, -0.2) is 0 Å². The average Bonchev–Trinajstić information content (AvgIpc) is 3.09. The summed E-state index contributed by atoms with van der Waals surface area (Å²) in [6.45, 7) is 4.18. The molecule has 0 spiro atoms. The zero-order chi connectivity index (χ0) is 20.1. The van der Waals surface area contributed by atoms with Crippen molar-refractivity contribution in [1.29, 1.82) is 0 Å². The van der Waals surface area contributed by atoms with Crippen molar-refractivity contribution >= 4 is 40.7 Å². The first kappa shape index (κ1) is 20.1. The molecule has 0 bridgehead atoms. The second kappa shape index (κ2) is 9.03. The van der Waals surface area contributed by atoms with Gasteiger partial charge in [-0.15, -0.1) is 10.2 Å². The van der Waals surface area contributed by atoms with E-state index in [-0.39, 0.29) is 17.4 Å². The molecule has 0 saturated heterocycles. The summed E-state index contributed by atoms with van der Waals surface area (Å²) < 4.78 is 1.95. The number of rotatable bonds is 7. The van der Waals surface area contributed by atoms with Crippen LogP contribution in [-0.4, -0.2) is 32.2 Å². The van der Waals surface area contributed by atoms with Crippen LogP contribution < -0.4 is 5.32 Å². The van der Waals surface area contributed by atoms with Crippen LogP contribution in [0.15, 0.2) is 53.7 Å². The molecule has 6 nitrogen and oxygen atoms in total. The number of carbonyl (C=O) groups excluding carboxylic acids is 2. The van der Waals surface area contributed by atoms with Crippen molar-refractivity contribution in [3.8, 4) is 11.4 Å². The Balaban J connectivity index is 1.65. The molecule has 0 radical (unpaired) electrons. The number of amides is 1. The molecule has 0 aliphatic heterocycles.